The number of hydrogen-bond acceptors (Lipinski definition) is 4. The van der Waals surface area contributed by atoms with Crippen molar-refractivity contribution in [1.82, 2.24) is 4.72 Å². The van der Waals surface area contributed by atoms with Gasteiger partial charge in [-0.2, -0.15) is 0 Å². The molecule has 5 nitrogen and oxygen atoms in total. The molecule has 2 aromatic carbocycles. The monoisotopic (exact) mass is 339 g/mol. The third-order valence-electron chi connectivity index (χ3n) is 2.92. The second kappa shape index (κ2) is 7.94. The fourth-order valence-electron chi connectivity index (χ4n) is 1.84. The summed E-state index contributed by atoms with van der Waals surface area (Å²) in [7, 11) is -3.66. The summed E-state index contributed by atoms with van der Waals surface area (Å²) in [5, 5.41) is 0. The molecular formula is C16H18FNO4S. The summed E-state index contributed by atoms with van der Waals surface area (Å²) >= 11 is 0. The van der Waals surface area contributed by atoms with Gasteiger partial charge in [0.1, 0.15) is 23.9 Å². The normalized spacial score (nSPS) is 11.2. The lowest BCUT2D eigenvalue weighted by Crippen LogP contribution is -2.28. The molecule has 0 atom stereocenters. The molecule has 0 aliphatic heterocycles. The van der Waals surface area contributed by atoms with Crippen molar-refractivity contribution in [1.29, 1.82) is 0 Å². The largest absolute Gasteiger partial charge is 0.494 e. The zero-order chi connectivity index (χ0) is 16.7. The quantitative estimate of drug-likeness (QED) is 0.751. The van der Waals surface area contributed by atoms with E-state index >= 15 is 0 Å². The van der Waals surface area contributed by atoms with Gasteiger partial charge in [0.15, 0.2) is 0 Å². The first-order chi connectivity index (χ1) is 11.0. The van der Waals surface area contributed by atoms with Gasteiger partial charge in [0.25, 0.3) is 0 Å². The van der Waals surface area contributed by atoms with Crippen LogP contribution in [0.3, 0.4) is 0 Å². The van der Waals surface area contributed by atoms with Crippen molar-refractivity contribution in [3.8, 4) is 11.5 Å². The highest BCUT2D eigenvalue weighted by Crippen LogP contribution is 2.17. The van der Waals surface area contributed by atoms with Crippen LogP contribution in [0.15, 0.2) is 53.4 Å². The molecule has 0 radical (unpaired) electrons. The Balaban J connectivity index is 1.81. The predicted octanol–water partition coefficient (Wildman–Crippen LogP) is 2.58. The van der Waals surface area contributed by atoms with Crippen LogP contribution < -0.4 is 14.2 Å². The molecule has 0 saturated heterocycles. The van der Waals surface area contributed by atoms with E-state index < -0.39 is 15.8 Å². The lowest BCUT2D eigenvalue weighted by Gasteiger charge is -2.09. The number of nitrogens with one attached hydrogen (secondary N) is 1. The highest BCUT2D eigenvalue weighted by atomic mass is 32.2. The zero-order valence-electron chi connectivity index (χ0n) is 12.7. The van der Waals surface area contributed by atoms with Crippen LogP contribution in [0.2, 0.25) is 0 Å². The molecule has 0 aliphatic rings. The highest BCUT2D eigenvalue weighted by Gasteiger charge is 2.13. The summed E-state index contributed by atoms with van der Waals surface area (Å²) in [4.78, 5) is 0.0139. The molecule has 23 heavy (non-hydrogen) atoms. The van der Waals surface area contributed by atoms with Gasteiger partial charge >= 0.3 is 0 Å². The highest BCUT2D eigenvalue weighted by molar-refractivity contribution is 7.89. The molecule has 0 fully saturated rings. The molecule has 2 rings (SSSR count). The van der Waals surface area contributed by atoms with Crippen molar-refractivity contribution in [2.75, 3.05) is 19.8 Å². The van der Waals surface area contributed by atoms with Crippen LogP contribution >= 0.6 is 0 Å². The maximum absolute atomic E-state index is 12.8. The molecule has 124 valence electrons. The molecular weight excluding hydrogens is 321 g/mol. The molecule has 0 aromatic heterocycles. The Morgan fingerprint density at radius 1 is 0.957 bits per heavy atom. The number of ether oxygens (including phenoxy) is 2. The van der Waals surface area contributed by atoms with Gasteiger partial charge in [-0.25, -0.2) is 17.5 Å². The smallest absolute Gasteiger partial charge is 0.240 e. The molecule has 0 saturated carbocycles. The van der Waals surface area contributed by atoms with E-state index in [1.54, 1.807) is 24.3 Å². The summed E-state index contributed by atoms with van der Waals surface area (Å²) in [6.07, 6.45) is 0. The molecule has 0 aliphatic carbocycles. The van der Waals surface area contributed by atoms with Crippen molar-refractivity contribution in [3.05, 3.63) is 54.3 Å². The second-order valence-corrected chi connectivity index (χ2v) is 6.37. The first-order valence-electron chi connectivity index (χ1n) is 7.12. The maximum atomic E-state index is 12.8. The summed E-state index contributed by atoms with van der Waals surface area (Å²) < 4.78 is 49.9. The first-order valence-corrected chi connectivity index (χ1v) is 8.60. The van der Waals surface area contributed by atoms with Crippen molar-refractivity contribution >= 4 is 10.0 Å². The summed E-state index contributed by atoms with van der Waals surface area (Å²) in [6, 6.07) is 11.7. The Hall–Kier alpha value is -2.12. The Bertz CT molecular complexity index is 715. The minimum atomic E-state index is -3.66. The van der Waals surface area contributed by atoms with Gasteiger partial charge in [0.2, 0.25) is 10.0 Å². The minimum absolute atomic E-state index is 0.0139. The van der Waals surface area contributed by atoms with Crippen molar-refractivity contribution < 1.29 is 22.3 Å². The third-order valence-corrected chi connectivity index (χ3v) is 4.40. The van der Waals surface area contributed by atoms with Crippen LogP contribution in [-0.2, 0) is 10.0 Å². The van der Waals surface area contributed by atoms with Crippen LogP contribution in [0.4, 0.5) is 4.39 Å². The fraction of sp³-hybridized carbons (Fsp3) is 0.250. The molecule has 0 amide bonds. The maximum Gasteiger partial charge on any atom is 0.240 e. The van der Waals surface area contributed by atoms with Crippen molar-refractivity contribution in [2.45, 2.75) is 11.8 Å². The molecule has 0 heterocycles. The standard InChI is InChI=1S/C16H18FNO4S/c1-2-21-14-5-7-15(8-6-14)22-12-11-18-23(19,20)16-9-3-13(17)4-10-16/h3-10,18H,2,11-12H2,1H3. The van der Waals surface area contributed by atoms with Gasteiger partial charge in [-0.3, -0.25) is 0 Å². The van der Waals surface area contributed by atoms with Crippen LogP contribution in [0.25, 0.3) is 0 Å². The van der Waals surface area contributed by atoms with E-state index in [9.17, 15) is 12.8 Å². The van der Waals surface area contributed by atoms with Crippen molar-refractivity contribution in [2.24, 2.45) is 0 Å². The number of hydrogen-bond donors (Lipinski definition) is 1. The number of benzene rings is 2. The minimum Gasteiger partial charge on any atom is -0.494 e. The van der Waals surface area contributed by atoms with Crippen molar-refractivity contribution in [3.63, 3.8) is 0 Å². The summed E-state index contributed by atoms with van der Waals surface area (Å²) in [5.41, 5.74) is 0. The van der Waals surface area contributed by atoms with Crippen LogP contribution in [0.5, 0.6) is 11.5 Å². The fourth-order valence-corrected chi connectivity index (χ4v) is 2.85. The average molecular weight is 339 g/mol. The van der Waals surface area contributed by atoms with Gasteiger partial charge in [-0.15, -0.1) is 0 Å². The Kier molecular flexibility index (Phi) is 5.95. The van der Waals surface area contributed by atoms with Gasteiger partial charge in [-0.1, -0.05) is 0 Å². The predicted molar refractivity (Wildman–Crippen MR) is 84.7 cm³/mol. The number of rotatable bonds is 8. The average Bonchev–Trinajstić information content (AvgIpc) is 2.54. The first kappa shape index (κ1) is 17.2. The van der Waals surface area contributed by atoms with Gasteiger partial charge in [0, 0.05) is 6.54 Å². The van der Waals surface area contributed by atoms with E-state index in [4.69, 9.17) is 9.47 Å². The molecule has 0 unspecified atom stereocenters. The molecule has 0 spiro atoms. The zero-order valence-corrected chi connectivity index (χ0v) is 13.5. The summed E-state index contributed by atoms with van der Waals surface area (Å²) in [5.74, 6) is 0.883. The third kappa shape index (κ3) is 5.22. The van der Waals surface area contributed by atoms with E-state index in [1.165, 1.54) is 12.1 Å². The second-order valence-electron chi connectivity index (χ2n) is 4.60. The number of halogens is 1. The molecule has 2 aromatic rings. The SMILES string of the molecule is CCOc1ccc(OCCNS(=O)(=O)c2ccc(F)cc2)cc1. The van der Waals surface area contributed by atoms with Gasteiger partial charge in [0.05, 0.1) is 11.5 Å². The molecule has 7 heteroatoms. The molecule has 1 N–H and O–H groups in total. The van der Waals surface area contributed by atoms with E-state index in [0.29, 0.717) is 12.4 Å². The Labute approximate surface area is 135 Å². The van der Waals surface area contributed by atoms with Crippen LogP contribution in [0, 0.1) is 5.82 Å². The van der Waals surface area contributed by atoms with Gasteiger partial charge < -0.3 is 9.47 Å². The number of sulfonamides is 1. The van der Waals surface area contributed by atoms with E-state index in [2.05, 4.69) is 4.72 Å². The summed E-state index contributed by atoms with van der Waals surface area (Å²) in [6.45, 7) is 2.77. The Morgan fingerprint density at radius 3 is 2.09 bits per heavy atom. The van der Waals surface area contributed by atoms with Crippen LogP contribution in [-0.4, -0.2) is 28.2 Å². The topological polar surface area (TPSA) is 64.6 Å². The molecule has 0 bridgehead atoms. The lowest BCUT2D eigenvalue weighted by molar-refractivity contribution is 0.319. The lowest BCUT2D eigenvalue weighted by atomic mass is 10.3. The van der Waals surface area contributed by atoms with Crippen LogP contribution in [0.1, 0.15) is 6.92 Å². The van der Waals surface area contributed by atoms with E-state index in [0.717, 1.165) is 17.9 Å². The van der Waals surface area contributed by atoms with E-state index in [1.807, 2.05) is 6.92 Å². The Morgan fingerprint density at radius 2 is 1.52 bits per heavy atom. The van der Waals surface area contributed by atoms with E-state index in [-0.39, 0.29) is 18.0 Å². The van der Waals surface area contributed by atoms with Gasteiger partial charge in [-0.05, 0) is 55.5 Å².